The minimum absolute atomic E-state index is 0.0724. The maximum Gasteiger partial charge on any atom is 0.321 e. The second-order valence-electron chi connectivity index (χ2n) is 5.39. The van der Waals surface area contributed by atoms with Crippen LogP contribution < -0.4 is 5.32 Å². The number of urea groups is 1. The number of hydrogen-bond donors (Lipinski definition) is 2. The van der Waals surface area contributed by atoms with Gasteiger partial charge in [-0.05, 0) is 25.0 Å². The van der Waals surface area contributed by atoms with Crippen molar-refractivity contribution in [3.63, 3.8) is 0 Å². The Hall–Kier alpha value is -2.37. The van der Waals surface area contributed by atoms with Crippen LogP contribution in [0.5, 0.6) is 0 Å². The molecule has 0 aliphatic carbocycles. The molecule has 1 saturated heterocycles. The molecule has 1 aliphatic rings. The summed E-state index contributed by atoms with van der Waals surface area (Å²) >= 11 is 0. The summed E-state index contributed by atoms with van der Waals surface area (Å²) in [6, 6.07) is 6.33. The number of aliphatic carboxylic acids is 1. The number of nitrogens with one attached hydrogen (secondary N) is 1. The van der Waals surface area contributed by atoms with E-state index in [2.05, 4.69) is 5.32 Å². The molecule has 2 N–H and O–H groups in total. The fraction of sp³-hybridized carbons (Fsp3) is 0.400. The van der Waals surface area contributed by atoms with Crippen molar-refractivity contribution in [3.8, 4) is 0 Å². The summed E-state index contributed by atoms with van der Waals surface area (Å²) in [5.41, 5.74) is 1.05. The number of carbonyl (C=O) groups excluding carboxylic acids is 2. The molecule has 1 aliphatic heterocycles. The predicted molar refractivity (Wildman–Crippen MR) is 77.3 cm³/mol. The number of Topliss-reactive ketones (excluding diaryl/α,β-unsaturated/α-hetero) is 1. The van der Waals surface area contributed by atoms with Gasteiger partial charge in [0.15, 0.2) is 5.78 Å². The number of benzene rings is 1. The second-order valence-corrected chi connectivity index (χ2v) is 5.39. The van der Waals surface area contributed by atoms with Gasteiger partial charge >= 0.3 is 12.0 Å². The number of amides is 2. The predicted octanol–water partition coefficient (Wildman–Crippen LogP) is 2.07. The zero-order valence-corrected chi connectivity index (χ0v) is 12.0. The van der Waals surface area contributed by atoms with Gasteiger partial charge in [0.05, 0.1) is 5.92 Å². The van der Waals surface area contributed by atoms with E-state index in [1.807, 2.05) is 6.92 Å². The largest absolute Gasteiger partial charge is 0.481 e. The Morgan fingerprint density at radius 2 is 2.00 bits per heavy atom. The van der Waals surface area contributed by atoms with Gasteiger partial charge in [-0.15, -0.1) is 0 Å². The van der Waals surface area contributed by atoms with Crippen LogP contribution in [0.2, 0.25) is 0 Å². The first-order valence-electron chi connectivity index (χ1n) is 6.78. The van der Waals surface area contributed by atoms with Crippen molar-refractivity contribution in [1.29, 1.82) is 0 Å². The molecule has 1 fully saturated rings. The van der Waals surface area contributed by atoms with Gasteiger partial charge in [0, 0.05) is 24.3 Å². The van der Waals surface area contributed by atoms with Crippen molar-refractivity contribution in [1.82, 2.24) is 4.90 Å². The molecule has 2 atom stereocenters. The van der Waals surface area contributed by atoms with Gasteiger partial charge in [0.1, 0.15) is 0 Å². The van der Waals surface area contributed by atoms with E-state index in [0.717, 1.165) is 0 Å². The minimum Gasteiger partial charge on any atom is -0.481 e. The molecule has 2 rings (SSSR count). The number of rotatable bonds is 3. The molecule has 2 amide bonds. The minimum atomic E-state index is -0.878. The van der Waals surface area contributed by atoms with Gasteiger partial charge in [-0.2, -0.15) is 0 Å². The van der Waals surface area contributed by atoms with Crippen LogP contribution >= 0.6 is 0 Å². The normalized spacial score (nSPS) is 21.1. The molecule has 0 spiro atoms. The molecule has 0 aromatic heterocycles. The summed E-state index contributed by atoms with van der Waals surface area (Å²) in [7, 11) is 0. The number of carboxylic acid groups (broad SMARTS) is 1. The van der Waals surface area contributed by atoms with Gasteiger partial charge in [-0.3, -0.25) is 9.59 Å². The van der Waals surface area contributed by atoms with E-state index in [1.54, 1.807) is 24.3 Å². The third-order valence-electron chi connectivity index (χ3n) is 3.74. The molecular formula is C15H18N2O4. The lowest BCUT2D eigenvalue weighted by molar-refractivity contribution is -0.142. The van der Waals surface area contributed by atoms with Crippen molar-refractivity contribution in [2.24, 2.45) is 11.8 Å². The quantitative estimate of drug-likeness (QED) is 0.834. The first kappa shape index (κ1) is 15.0. The number of likely N-dealkylation sites (tertiary alicyclic amines) is 1. The highest BCUT2D eigenvalue weighted by Gasteiger charge is 2.36. The molecule has 0 bridgehead atoms. The van der Waals surface area contributed by atoms with E-state index in [4.69, 9.17) is 5.11 Å². The van der Waals surface area contributed by atoms with Crippen LogP contribution in [0.25, 0.3) is 0 Å². The molecule has 0 saturated carbocycles. The molecule has 112 valence electrons. The number of anilines is 1. The Morgan fingerprint density at radius 1 is 1.29 bits per heavy atom. The molecule has 0 unspecified atom stereocenters. The number of ketones is 1. The van der Waals surface area contributed by atoms with Crippen LogP contribution in [0, 0.1) is 11.8 Å². The third kappa shape index (κ3) is 3.39. The average molecular weight is 290 g/mol. The molecule has 6 nitrogen and oxygen atoms in total. The fourth-order valence-corrected chi connectivity index (χ4v) is 2.47. The van der Waals surface area contributed by atoms with Crippen molar-refractivity contribution in [2.75, 3.05) is 18.4 Å². The van der Waals surface area contributed by atoms with Gasteiger partial charge in [-0.25, -0.2) is 4.79 Å². The van der Waals surface area contributed by atoms with E-state index in [1.165, 1.54) is 11.8 Å². The Labute approximate surface area is 122 Å². The standard InChI is InChI=1S/C15H18N2O4/c1-9-7-17(8-13(9)14(19)20)15(21)16-12-5-3-4-11(6-12)10(2)18/h3-6,9,13H,7-8H2,1-2H3,(H,16,21)(H,19,20)/t9-,13-/m1/s1. The summed E-state index contributed by atoms with van der Waals surface area (Å²) in [6.45, 7) is 3.90. The van der Waals surface area contributed by atoms with Crippen molar-refractivity contribution in [2.45, 2.75) is 13.8 Å². The lowest BCUT2D eigenvalue weighted by Crippen LogP contribution is -2.33. The van der Waals surface area contributed by atoms with E-state index in [9.17, 15) is 14.4 Å². The Bertz CT molecular complexity index is 585. The number of nitrogens with zero attached hydrogens (tertiary/aromatic N) is 1. The van der Waals surface area contributed by atoms with E-state index in [-0.39, 0.29) is 24.3 Å². The van der Waals surface area contributed by atoms with Crippen molar-refractivity contribution in [3.05, 3.63) is 29.8 Å². The van der Waals surface area contributed by atoms with Gasteiger partial charge in [0.25, 0.3) is 0 Å². The lowest BCUT2D eigenvalue weighted by atomic mass is 9.99. The third-order valence-corrected chi connectivity index (χ3v) is 3.74. The van der Waals surface area contributed by atoms with Crippen LogP contribution in [-0.2, 0) is 4.79 Å². The lowest BCUT2D eigenvalue weighted by Gasteiger charge is -2.17. The smallest absolute Gasteiger partial charge is 0.321 e. The van der Waals surface area contributed by atoms with Gasteiger partial charge in [0.2, 0.25) is 0 Å². The summed E-state index contributed by atoms with van der Waals surface area (Å²) in [5, 5.41) is 11.8. The maximum atomic E-state index is 12.1. The average Bonchev–Trinajstić information content (AvgIpc) is 2.81. The van der Waals surface area contributed by atoms with Crippen molar-refractivity contribution >= 4 is 23.5 Å². The summed E-state index contributed by atoms with van der Waals surface area (Å²) in [4.78, 5) is 36.0. The van der Waals surface area contributed by atoms with Gasteiger partial charge < -0.3 is 15.3 Å². The first-order valence-corrected chi connectivity index (χ1v) is 6.78. The van der Waals surface area contributed by atoms with Crippen LogP contribution in [-0.4, -0.2) is 40.9 Å². The van der Waals surface area contributed by atoms with E-state index >= 15 is 0 Å². The maximum absolute atomic E-state index is 12.1. The highest BCUT2D eigenvalue weighted by atomic mass is 16.4. The summed E-state index contributed by atoms with van der Waals surface area (Å²) in [5.74, 6) is -1.56. The Morgan fingerprint density at radius 3 is 2.57 bits per heavy atom. The van der Waals surface area contributed by atoms with Crippen molar-refractivity contribution < 1.29 is 19.5 Å². The Balaban J connectivity index is 2.04. The molecule has 21 heavy (non-hydrogen) atoms. The number of carboxylic acids is 1. The topological polar surface area (TPSA) is 86.7 Å². The van der Waals surface area contributed by atoms with Crippen LogP contribution in [0.1, 0.15) is 24.2 Å². The Kier molecular flexibility index (Phi) is 4.26. The fourth-order valence-electron chi connectivity index (χ4n) is 2.47. The molecule has 1 aromatic rings. The SMILES string of the molecule is CC(=O)c1cccc(NC(=O)N2C[C@@H](C)[C@H](C(=O)O)C2)c1. The summed E-state index contributed by atoms with van der Waals surface area (Å²) < 4.78 is 0. The zero-order chi connectivity index (χ0) is 15.6. The molecule has 6 heteroatoms. The molecule has 0 radical (unpaired) electrons. The van der Waals surface area contributed by atoms with Crippen LogP contribution in [0.15, 0.2) is 24.3 Å². The summed E-state index contributed by atoms with van der Waals surface area (Å²) in [6.07, 6.45) is 0. The second kappa shape index (κ2) is 5.95. The highest BCUT2D eigenvalue weighted by Crippen LogP contribution is 2.24. The number of carbonyl (C=O) groups is 3. The molecule has 1 aromatic carbocycles. The molecular weight excluding hydrogens is 272 g/mol. The highest BCUT2D eigenvalue weighted by molar-refractivity contribution is 5.96. The monoisotopic (exact) mass is 290 g/mol. The zero-order valence-electron chi connectivity index (χ0n) is 12.0. The van der Waals surface area contributed by atoms with Gasteiger partial charge in [-0.1, -0.05) is 19.1 Å². The molecule has 1 heterocycles. The van der Waals surface area contributed by atoms with Crippen LogP contribution in [0.3, 0.4) is 0 Å². The van der Waals surface area contributed by atoms with E-state index < -0.39 is 11.9 Å². The first-order chi connectivity index (χ1) is 9.88. The number of hydrogen-bond acceptors (Lipinski definition) is 3. The van der Waals surface area contributed by atoms with Crippen LogP contribution in [0.4, 0.5) is 10.5 Å². The van der Waals surface area contributed by atoms with E-state index in [0.29, 0.717) is 17.8 Å².